The minimum Gasteiger partial charge on any atom is -0.256 e. The maximum absolute atomic E-state index is 4.60. The minimum atomic E-state index is 0.295. The number of hydrogen-bond donors (Lipinski definition) is 0. The molecule has 1 unspecified atom stereocenters. The number of rotatable bonds is 4. The number of nitrogens with zero attached hydrogens (tertiary/aromatic N) is 3. The third-order valence-electron chi connectivity index (χ3n) is 3.65. The Hall–Kier alpha value is -2.81. The van der Waals surface area contributed by atoms with E-state index in [4.69, 9.17) is 0 Å². The maximum atomic E-state index is 4.60. The van der Waals surface area contributed by atoms with Crippen LogP contribution in [-0.2, 0) is 0 Å². The summed E-state index contributed by atoms with van der Waals surface area (Å²) < 4.78 is 0. The zero-order valence-electron chi connectivity index (χ0n) is 14.3. The molecule has 122 valence electrons. The van der Waals surface area contributed by atoms with Gasteiger partial charge < -0.3 is 0 Å². The van der Waals surface area contributed by atoms with Crippen LogP contribution < -0.4 is 0 Å². The monoisotopic (exact) mass is 317 g/mol. The van der Waals surface area contributed by atoms with Gasteiger partial charge in [-0.1, -0.05) is 49.4 Å². The van der Waals surface area contributed by atoms with E-state index in [2.05, 4.69) is 52.7 Å². The lowest BCUT2D eigenvalue weighted by Gasteiger charge is -2.15. The maximum Gasteiger partial charge on any atom is 0.115 e. The van der Waals surface area contributed by atoms with Crippen LogP contribution in [0.5, 0.6) is 0 Å². The second-order valence-electron chi connectivity index (χ2n) is 5.38. The standard InChI is InChI=1S/C18H17N3.C3H6/c1-2-17(16-10-19-13-20-11-16)15-8-9-18(21-12-15)14-6-4-3-5-7-14;1-3-2/h3-13,17H,2H2,1H3;3H,1H2,2H3. The van der Waals surface area contributed by atoms with Crippen molar-refractivity contribution in [3.05, 3.63) is 91.2 Å². The van der Waals surface area contributed by atoms with Crippen LogP contribution in [0.25, 0.3) is 11.3 Å². The van der Waals surface area contributed by atoms with Crippen molar-refractivity contribution in [1.29, 1.82) is 0 Å². The predicted molar refractivity (Wildman–Crippen MR) is 99.7 cm³/mol. The summed E-state index contributed by atoms with van der Waals surface area (Å²) in [6.45, 7) is 7.42. The molecular formula is C21H23N3. The van der Waals surface area contributed by atoms with Crippen LogP contribution in [0.15, 0.2) is 80.0 Å². The molecule has 0 bridgehead atoms. The smallest absolute Gasteiger partial charge is 0.115 e. The van der Waals surface area contributed by atoms with E-state index < -0.39 is 0 Å². The van der Waals surface area contributed by atoms with Crippen LogP contribution in [0.2, 0.25) is 0 Å². The SMILES string of the molecule is C=CC.CCC(c1cncnc1)c1ccc(-c2ccccc2)nc1. The van der Waals surface area contributed by atoms with E-state index in [-0.39, 0.29) is 0 Å². The Balaban J connectivity index is 0.000000647. The highest BCUT2D eigenvalue weighted by Gasteiger charge is 2.13. The first-order chi connectivity index (χ1) is 11.8. The van der Waals surface area contributed by atoms with E-state index >= 15 is 0 Å². The molecule has 3 aromatic rings. The molecule has 3 heteroatoms. The Labute approximate surface area is 144 Å². The molecule has 0 saturated heterocycles. The zero-order chi connectivity index (χ0) is 17.2. The summed E-state index contributed by atoms with van der Waals surface area (Å²) in [7, 11) is 0. The van der Waals surface area contributed by atoms with Gasteiger partial charge in [0.25, 0.3) is 0 Å². The van der Waals surface area contributed by atoms with Gasteiger partial charge in [0.1, 0.15) is 6.33 Å². The van der Waals surface area contributed by atoms with Crippen molar-refractivity contribution >= 4 is 0 Å². The first-order valence-electron chi connectivity index (χ1n) is 8.13. The van der Waals surface area contributed by atoms with Gasteiger partial charge in [0, 0.05) is 30.1 Å². The average Bonchev–Trinajstić information content (AvgIpc) is 2.65. The topological polar surface area (TPSA) is 38.7 Å². The summed E-state index contributed by atoms with van der Waals surface area (Å²) in [6.07, 6.45) is 10.0. The number of pyridine rings is 1. The molecule has 1 atom stereocenters. The molecule has 0 amide bonds. The molecule has 0 aliphatic heterocycles. The van der Waals surface area contributed by atoms with Gasteiger partial charge in [-0.3, -0.25) is 4.98 Å². The second-order valence-corrected chi connectivity index (χ2v) is 5.38. The van der Waals surface area contributed by atoms with Crippen molar-refractivity contribution in [3.8, 4) is 11.3 Å². The summed E-state index contributed by atoms with van der Waals surface area (Å²) in [6, 6.07) is 14.4. The Morgan fingerprint density at radius 1 is 0.958 bits per heavy atom. The molecule has 0 fully saturated rings. The van der Waals surface area contributed by atoms with Crippen LogP contribution in [0.1, 0.15) is 37.3 Å². The molecular weight excluding hydrogens is 294 g/mol. The molecule has 0 spiro atoms. The van der Waals surface area contributed by atoms with E-state index in [1.165, 1.54) is 5.56 Å². The largest absolute Gasteiger partial charge is 0.256 e. The number of allylic oxidation sites excluding steroid dienone is 1. The van der Waals surface area contributed by atoms with Crippen molar-refractivity contribution in [3.63, 3.8) is 0 Å². The van der Waals surface area contributed by atoms with E-state index in [9.17, 15) is 0 Å². The van der Waals surface area contributed by atoms with Gasteiger partial charge in [0.05, 0.1) is 5.69 Å². The summed E-state index contributed by atoms with van der Waals surface area (Å²) in [4.78, 5) is 12.8. The molecule has 0 radical (unpaired) electrons. The Kier molecular flexibility index (Phi) is 6.84. The lowest BCUT2D eigenvalue weighted by atomic mass is 9.92. The van der Waals surface area contributed by atoms with Crippen molar-refractivity contribution in [2.45, 2.75) is 26.2 Å². The van der Waals surface area contributed by atoms with Crippen molar-refractivity contribution in [2.75, 3.05) is 0 Å². The normalized spacial score (nSPS) is 11.1. The van der Waals surface area contributed by atoms with E-state index in [0.29, 0.717) is 5.92 Å². The summed E-state index contributed by atoms with van der Waals surface area (Å²) in [5.41, 5.74) is 4.47. The Morgan fingerprint density at radius 2 is 1.62 bits per heavy atom. The molecule has 0 N–H and O–H groups in total. The molecule has 0 saturated carbocycles. The first kappa shape index (κ1) is 17.5. The minimum absolute atomic E-state index is 0.295. The molecule has 0 aliphatic rings. The van der Waals surface area contributed by atoms with Gasteiger partial charge >= 0.3 is 0 Å². The highest BCUT2D eigenvalue weighted by Crippen LogP contribution is 2.27. The van der Waals surface area contributed by atoms with Gasteiger partial charge in [-0.15, -0.1) is 6.58 Å². The van der Waals surface area contributed by atoms with Gasteiger partial charge in [-0.2, -0.15) is 0 Å². The van der Waals surface area contributed by atoms with Crippen LogP contribution in [-0.4, -0.2) is 15.0 Å². The summed E-state index contributed by atoms with van der Waals surface area (Å²) in [5, 5.41) is 0. The Bertz CT molecular complexity index is 722. The van der Waals surface area contributed by atoms with E-state index in [1.54, 1.807) is 12.4 Å². The lowest BCUT2D eigenvalue weighted by Crippen LogP contribution is -2.01. The third-order valence-corrected chi connectivity index (χ3v) is 3.65. The Morgan fingerprint density at radius 3 is 2.17 bits per heavy atom. The van der Waals surface area contributed by atoms with Crippen molar-refractivity contribution in [1.82, 2.24) is 15.0 Å². The molecule has 3 rings (SSSR count). The summed E-state index contributed by atoms with van der Waals surface area (Å²) >= 11 is 0. The van der Waals surface area contributed by atoms with Gasteiger partial charge in [-0.05, 0) is 30.5 Å². The van der Waals surface area contributed by atoms with Crippen LogP contribution in [0.3, 0.4) is 0 Å². The second kappa shape index (κ2) is 9.36. The van der Waals surface area contributed by atoms with Crippen molar-refractivity contribution in [2.24, 2.45) is 0 Å². The van der Waals surface area contributed by atoms with E-state index in [0.717, 1.165) is 23.2 Å². The van der Waals surface area contributed by atoms with E-state index in [1.807, 2.05) is 43.7 Å². The molecule has 1 aromatic carbocycles. The van der Waals surface area contributed by atoms with Crippen LogP contribution >= 0.6 is 0 Å². The summed E-state index contributed by atoms with van der Waals surface area (Å²) in [5.74, 6) is 0.295. The van der Waals surface area contributed by atoms with Gasteiger partial charge in [0.2, 0.25) is 0 Å². The third kappa shape index (κ3) is 4.59. The fraction of sp³-hybridized carbons (Fsp3) is 0.190. The lowest BCUT2D eigenvalue weighted by molar-refractivity contribution is 0.762. The van der Waals surface area contributed by atoms with Crippen LogP contribution in [0.4, 0.5) is 0 Å². The average molecular weight is 317 g/mol. The fourth-order valence-corrected chi connectivity index (χ4v) is 2.55. The van der Waals surface area contributed by atoms with Crippen LogP contribution in [0, 0.1) is 0 Å². The molecule has 0 aliphatic carbocycles. The quantitative estimate of drug-likeness (QED) is 0.615. The molecule has 24 heavy (non-hydrogen) atoms. The number of benzene rings is 1. The predicted octanol–water partition coefficient (Wildman–Crippen LogP) is 5.27. The zero-order valence-corrected chi connectivity index (χ0v) is 14.3. The number of hydrogen-bond acceptors (Lipinski definition) is 3. The van der Waals surface area contributed by atoms with Gasteiger partial charge in [0.15, 0.2) is 0 Å². The van der Waals surface area contributed by atoms with Gasteiger partial charge in [-0.25, -0.2) is 9.97 Å². The van der Waals surface area contributed by atoms with Crippen molar-refractivity contribution < 1.29 is 0 Å². The highest BCUT2D eigenvalue weighted by molar-refractivity contribution is 5.58. The molecule has 2 aromatic heterocycles. The molecule has 3 nitrogen and oxygen atoms in total. The highest BCUT2D eigenvalue weighted by atomic mass is 14.8. The molecule has 2 heterocycles. The first-order valence-corrected chi connectivity index (χ1v) is 8.13. The number of aromatic nitrogens is 3. The fourth-order valence-electron chi connectivity index (χ4n) is 2.55.